The summed E-state index contributed by atoms with van der Waals surface area (Å²) in [6.07, 6.45) is 0. The van der Waals surface area contributed by atoms with Crippen molar-refractivity contribution >= 4 is 50.8 Å². The number of nitrogens with one attached hydrogen (secondary N) is 1. The van der Waals surface area contributed by atoms with E-state index in [1.54, 1.807) is 48.7 Å². The number of rotatable bonds is 5. The zero-order valence-corrected chi connectivity index (χ0v) is 17.3. The Morgan fingerprint density at radius 1 is 1.17 bits per heavy atom. The third-order valence-electron chi connectivity index (χ3n) is 4.36. The van der Waals surface area contributed by atoms with E-state index < -0.39 is 11.9 Å². The van der Waals surface area contributed by atoms with E-state index in [-0.39, 0.29) is 23.7 Å². The van der Waals surface area contributed by atoms with Crippen molar-refractivity contribution in [3.8, 4) is 11.1 Å². The number of ether oxygens (including phenoxy) is 1. The second kappa shape index (κ2) is 8.30. The maximum atomic E-state index is 13.3. The molecule has 0 aliphatic rings. The molecule has 0 fully saturated rings. The van der Waals surface area contributed by atoms with Crippen LogP contribution in [-0.2, 0) is 4.74 Å². The standard InChI is InChI=1S/C22H15ClFNO4S/c1-2-28-22(27)19-16(12-3-6-15(24)7-4-12)11-30-21(19)25-20(26)18-10-13-9-14(23)5-8-17(13)29-18/h3-11H,2H2,1H3,(H,25,26). The minimum absolute atomic E-state index is 0.0822. The van der Waals surface area contributed by atoms with Crippen LogP contribution in [0.5, 0.6) is 0 Å². The summed E-state index contributed by atoms with van der Waals surface area (Å²) < 4.78 is 24.0. The Morgan fingerprint density at radius 3 is 2.67 bits per heavy atom. The summed E-state index contributed by atoms with van der Waals surface area (Å²) in [5.74, 6) is -1.39. The molecule has 4 rings (SSSR count). The van der Waals surface area contributed by atoms with Gasteiger partial charge < -0.3 is 14.5 Å². The van der Waals surface area contributed by atoms with Gasteiger partial charge in [0.15, 0.2) is 5.76 Å². The van der Waals surface area contributed by atoms with Gasteiger partial charge in [0, 0.05) is 21.4 Å². The highest BCUT2D eigenvalue weighted by Crippen LogP contribution is 2.37. The summed E-state index contributed by atoms with van der Waals surface area (Å²) in [6.45, 7) is 1.87. The van der Waals surface area contributed by atoms with Gasteiger partial charge in [0.05, 0.1) is 6.61 Å². The molecule has 5 nitrogen and oxygen atoms in total. The number of esters is 1. The molecule has 1 N–H and O–H groups in total. The largest absolute Gasteiger partial charge is 0.462 e. The van der Waals surface area contributed by atoms with Gasteiger partial charge in [-0.25, -0.2) is 9.18 Å². The van der Waals surface area contributed by atoms with Crippen molar-refractivity contribution in [3.05, 3.63) is 76.1 Å². The summed E-state index contributed by atoms with van der Waals surface area (Å²) in [6, 6.07) is 12.4. The van der Waals surface area contributed by atoms with Crippen LogP contribution in [0.2, 0.25) is 5.02 Å². The molecule has 2 heterocycles. The van der Waals surface area contributed by atoms with Crippen molar-refractivity contribution in [1.82, 2.24) is 0 Å². The average molecular weight is 444 g/mol. The molecule has 4 aromatic rings. The van der Waals surface area contributed by atoms with Gasteiger partial charge >= 0.3 is 5.97 Å². The molecule has 0 spiro atoms. The highest BCUT2D eigenvalue weighted by molar-refractivity contribution is 7.15. The van der Waals surface area contributed by atoms with Crippen molar-refractivity contribution in [1.29, 1.82) is 0 Å². The molecule has 2 aromatic carbocycles. The number of carbonyl (C=O) groups is 2. The molecule has 0 radical (unpaired) electrons. The quantitative estimate of drug-likeness (QED) is 0.363. The van der Waals surface area contributed by atoms with E-state index in [9.17, 15) is 14.0 Å². The van der Waals surface area contributed by atoms with Crippen LogP contribution in [0.1, 0.15) is 27.8 Å². The van der Waals surface area contributed by atoms with Gasteiger partial charge in [0.1, 0.15) is 22.0 Å². The fourth-order valence-electron chi connectivity index (χ4n) is 2.99. The number of thiophene rings is 1. The highest BCUT2D eigenvalue weighted by Gasteiger charge is 2.24. The molecule has 30 heavy (non-hydrogen) atoms. The van der Waals surface area contributed by atoms with Crippen molar-refractivity contribution < 1.29 is 23.1 Å². The molecule has 0 saturated heterocycles. The minimum Gasteiger partial charge on any atom is -0.462 e. The molecule has 0 unspecified atom stereocenters. The average Bonchev–Trinajstić information content (AvgIpc) is 3.32. The Bertz CT molecular complexity index is 1250. The Kier molecular flexibility index (Phi) is 5.57. The minimum atomic E-state index is -0.579. The van der Waals surface area contributed by atoms with Gasteiger partial charge in [0.25, 0.3) is 5.91 Å². The van der Waals surface area contributed by atoms with E-state index in [1.807, 2.05) is 0 Å². The van der Waals surface area contributed by atoms with Crippen molar-refractivity contribution in [2.45, 2.75) is 6.92 Å². The highest BCUT2D eigenvalue weighted by atomic mass is 35.5. The number of anilines is 1. The summed E-state index contributed by atoms with van der Waals surface area (Å²) >= 11 is 7.15. The van der Waals surface area contributed by atoms with Crippen LogP contribution in [0.15, 0.2) is 58.3 Å². The zero-order valence-electron chi connectivity index (χ0n) is 15.7. The first-order valence-corrected chi connectivity index (χ1v) is 10.3. The van der Waals surface area contributed by atoms with Gasteiger partial charge in [-0.15, -0.1) is 11.3 Å². The number of benzene rings is 2. The lowest BCUT2D eigenvalue weighted by atomic mass is 10.0. The molecule has 0 bridgehead atoms. The third kappa shape index (κ3) is 3.94. The predicted molar refractivity (Wildman–Crippen MR) is 115 cm³/mol. The summed E-state index contributed by atoms with van der Waals surface area (Å²) in [4.78, 5) is 25.4. The molecule has 0 aliphatic carbocycles. The lowest BCUT2D eigenvalue weighted by Crippen LogP contribution is -2.14. The van der Waals surface area contributed by atoms with E-state index in [0.717, 1.165) is 0 Å². The van der Waals surface area contributed by atoms with Crippen LogP contribution in [0.4, 0.5) is 9.39 Å². The van der Waals surface area contributed by atoms with Gasteiger partial charge in [-0.3, -0.25) is 4.79 Å². The molecule has 1 amide bonds. The number of carbonyl (C=O) groups excluding carboxylic acids is 2. The first-order valence-electron chi connectivity index (χ1n) is 9.01. The van der Waals surface area contributed by atoms with Crippen molar-refractivity contribution in [2.75, 3.05) is 11.9 Å². The SMILES string of the molecule is CCOC(=O)c1c(-c2ccc(F)cc2)csc1NC(=O)c1cc2cc(Cl)ccc2o1. The van der Waals surface area contributed by atoms with Crippen molar-refractivity contribution in [2.24, 2.45) is 0 Å². The van der Waals surface area contributed by atoms with E-state index in [1.165, 1.54) is 23.5 Å². The fourth-order valence-corrected chi connectivity index (χ4v) is 4.12. The summed E-state index contributed by atoms with van der Waals surface area (Å²) in [5.41, 5.74) is 1.91. The van der Waals surface area contributed by atoms with Crippen LogP contribution >= 0.6 is 22.9 Å². The van der Waals surface area contributed by atoms with E-state index in [2.05, 4.69) is 5.32 Å². The third-order valence-corrected chi connectivity index (χ3v) is 5.49. The van der Waals surface area contributed by atoms with E-state index in [0.29, 0.717) is 32.1 Å². The number of halogens is 2. The molecule has 0 saturated carbocycles. The molecular formula is C22H15ClFNO4S. The van der Waals surface area contributed by atoms with Crippen LogP contribution in [0.25, 0.3) is 22.1 Å². The Morgan fingerprint density at radius 2 is 1.93 bits per heavy atom. The number of furan rings is 1. The molecule has 0 atom stereocenters. The molecular weight excluding hydrogens is 429 g/mol. The Labute approximate surface area is 180 Å². The zero-order chi connectivity index (χ0) is 21.3. The topological polar surface area (TPSA) is 68.5 Å². The normalized spacial score (nSPS) is 10.9. The Hall–Kier alpha value is -3.16. The van der Waals surface area contributed by atoms with Crippen LogP contribution < -0.4 is 5.32 Å². The number of hydrogen-bond acceptors (Lipinski definition) is 5. The second-order valence-corrected chi connectivity index (χ2v) is 7.64. The van der Waals surface area contributed by atoms with E-state index in [4.69, 9.17) is 20.8 Å². The predicted octanol–water partition coefficient (Wildman–Crippen LogP) is 6.38. The lowest BCUT2D eigenvalue weighted by molar-refractivity contribution is 0.0529. The number of hydrogen-bond donors (Lipinski definition) is 1. The van der Waals surface area contributed by atoms with Crippen LogP contribution in [-0.4, -0.2) is 18.5 Å². The second-order valence-electron chi connectivity index (χ2n) is 6.33. The molecule has 8 heteroatoms. The first-order chi connectivity index (χ1) is 14.5. The molecule has 152 valence electrons. The monoisotopic (exact) mass is 443 g/mol. The first kappa shape index (κ1) is 20.1. The number of amides is 1. The van der Waals surface area contributed by atoms with Gasteiger partial charge in [0.2, 0.25) is 0 Å². The van der Waals surface area contributed by atoms with Crippen LogP contribution in [0, 0.1) is 5.82 Å². The van der Waals surface area contributed by atoms with Crippen molar-refractivity contribution in [3.63, 3.8) is 0 Å². The maximum absolute atomic E-state index is 13.3. The van der Waals surface area contributed by atoms with E-state index >= 15 is 0 Å². The Balaban J connectivity index is 1.69. The van der Waals surface area contributed by atoms with Gasteiger partial charge in [-0.05, 0) is 48.9 Å². The fraction of sp³-hybridized carbons (Fsp3) is 0.0909. The number of fused-ring (bicyclic) bond motifs is 1. The van der Waals surface area contributed by atoms with Crippen LogP contribution in [0.3, 0.4) is 0 Å². The lowest BCUT2D eigenvalue weighted by Gasteiger charge is -2.08. The smallest absolute Gasteiger partial charge is 0.341 e. The maximum Gasteiger partial charge on any atom is 0.341 e. The van der Waals surface area contributed by atoms with Gasteiger partial charge in [-0.2, -0.15) is 0 Å². The summed E-state index contributed by atoms with van der Waals surface area (Å²) in [7, 11) is 0. The molecule has 0 aliphatic heterocycles. The summed E-state index contributed by atoms with van der Waals surface area (Å²) in [5, 5.41) is 5.97. The molecule has 2 aromatic heterocycles. The van der Waals surface area contributed by atoms with Gasteiger partial charge in [-0.1, -0.05) is 23.7 Å².